The number of carbonyl (C=O) groups excluding carboxylic acids is 1. The first-order valence-corrected chi connectivity index (χ1v) is 11.3. The third kappa shape index (κ3) is 4.46. The van der Waals surface area contributed by atoms with Gasteiger partial charge >= 0.3 is 0 Å². The van der Waals surface area contributed by atoms with Crippen LogP contribution in [0.4, 0.5) is 11.6 Å². The van der Waals surface area contributed by atoms with E-state index in [0.717, 1.165) is 35.3 Å². The molecule has 32 heavy (non-hydrogen) atoms. The molecule has 5 rings (SSSR count). The number of nitrogens with zero attached hydrogens (tertiary/aromatic N) is 3. The summed E-state index contributed by atoms with van der Waals surface area (Å²) in [7, 11) is 0. The Morgan fingerprint density at radius 3 is 2.59 bits per heavy atom. The van der Waals surface area contributed by atoms with E-state index in [2.05, 4.69) is 20.7 Å². The van der Waals surface area contributed by atoms with Crippen LogP contribution in [-0.2, 0) is 0 Å². The number of halogens is 1. The summed E-state index contributed by atoms with van der Waals surface area (Å²) in [5, 5.41) is 11.6. The third-order valence-electron chi connectivity index (χ3n) is 5.84. The summed E-state index contributed by atoms with van der Waals surface area (Å²) >= 11 is 6.16. The molecular weight excluding hydrogens is 422 g/mol. The predicted octanol–water partition coefficient (Wildman–Crippen LogP) is 5.86. The van der Waals surface area contributed by atoms with E-state index in [9.17, 15) is 4.79 Å². The molecule has 2 heterocycles. The highest BCUT2D eigenvalue weighted by molar-refractivity contribution is 6.30. The number of rotatable bonds is 5. The molecule has 4 aromatic rings. The minimum Gasteiger partial charge on any atom is -0.349 e. The van der Waals surface area contributed by atoms with Gasteiger partial charge < -0.3 is 10.6 Å². The minimum atomic E-state index is -0.0135. The minimum absolute atomic E-state index is 0.0135. The van der Waals surface area contributed by atoms with Gasteiger partial charge in [0.1, 0.15) is 0 Å². The lowest BCUT2D eigenvalue weighted by Gasteiger charge is -2.22. The van der Waals surface area contributed by atoms with E-state index in [1.807, 2.05) is 66.9 Å². The number of hydrogen-bond donors (Lipinski definition) is 2. The average molecular weight is 446 g/mol. The number of nitrogens with one attached hydrogen (secondary N) is 2. The van der Waals surface area contributed by atoms with Crippen LogP contribution < -0.4 is 10.6 Å². The maximum atomic E-state index is 12.5. The molecule has 6 nitrogen and oxygen atoms in total. The standard InChI is InChI=1S/C25H24ClN5O/c26-19-7-4-6-18(16-19)22-10-5-15-31-23(22)29-25(30-31)28-21-13-11-17(12-14-21)24(32)27-20-8-2-1-3-9-20/h4-7,10-16,20H,1-3,8-9H2,(H,27,32)(H,28,30). The molecular formula is C25H24ClN5O. The van der Waals surface area contributed by atoms with Gasteiger partial charge in [-0.25, -0.2) is 4.52 Å². The molecule has 0 unspecified atom stereocenters. The van der Waals surface area contributed by atoms with Crippen LogP contribution in [0.3, 0.4) is 0 Å². The number of fused-ring (bicyclic) bond motifs is 1. The average Bonchev–Trinajstić information content (AvgIpc) is 3.22. The lowest BCUT2D eigenvalue weighted by Crippen LogP contribution is -2.36. The van der Waals surface area contributed by atoms with Crippen molar-refractivity contribution < 1.29 is 4.79 Å². The van der Waals surface area contributed by atoms with Crippen LogP contribution >= 0.6 is 11.6 Å². The second kappa shape index (κ2) is 9.01. The zero-order valence-corrected chi connectivity index (χ0v) is 18.3. The van der Waals surface area contributed by atoms with Gasteiger partial charge in [-0.05, 0) is 66.9 Å². The van der Waals surface area contributed by atoms with E-state index in [1.54, 1.807) is 4.52 Å². The Bertz CT molecular complexity index is 1240. The quantitative estimate of drug-likeness (QED) is 0.404. The molecule has 2 N–H and O–H groups in total. The van der Waals surface area contributed by atoms with Crippen molar-refractivity contribution in [2.24, 2.45) is 0 Å². The number of aromatic nitrogens is 3. The monoisotopic (exact) mass is 445 g/mol. The normalized spacial score (nSPS) is 14.4. The summed E-state index contributed by atoms with van der Waals surface area (Å²) in [6, 6.07) is 19.3. The largest absolute Gasteiger partial charge is 0.349 e. The number of carbonyl (C=O) groups is 1. The van der Waals surface area contributed by atoms with E-state index in [4.69, 9.17) is 11.6 Å². The van der Waals surface area contributed by atoms with Gasteiger partial charge in [-0.1, -0.05) is 43.0 Å². The smallest absolute Gasteiger partial charge is 0.251 e. The maximum Gasteiger partial charge on any atom is 0.251 e. The van der Waals surface area contributed by atoms with Gasteiger partial charge in [-0.2, -0.15) is 4.98 Å². The van der Waals surface area contributed by atoms with Crippen LogP contribution in [0.15, 0.2) is 66.9 Å². The van der Waals surface area contributed by atoms with Gasteiger partial charge in [0.2, 0.25) is 5.95 Å². The van der Waals surface area contributed by atoms with Crippen LogP contribution in [0, 0.1) is 0 Å². The molecule has 1 aliphatic carbocycles. The molecule has 0 radical (unpaired) electrons. The fraction of sp³-hybridized carbons (Fsp3) is 0.240. The van der Waals surface area contributed by atoms with Crippen LogP contribution in [0.25, 0.3) is 16.8 Å². The van der Waals surface area contributed by atoms with E-state index in [0.29, 0.717) is 22.6 Å². The Labute approximate surface area is 191 Å². The summed E-state index contributed by atoms with van der Waals surface area (Å²) in [6.45, 7) is 0. The zero-order chi connectivity index (χ0) is 21.9. The molecule has 162 valence electrons. The SMILES string of the molecule is O=C(NC1CCCCC1)c1ccc(Nc2nc3c(-c4cccc(Cl)c4)cccn3n2)cc1. The number of anilines is 2. The second-order valence-electron chi connectivity index (χ2n) is 8.15. The Morgan fingerprint density at radius 2 is 1.81 bits per heavy atom. The van der Waals surface area contributed by atoms with Crippen molar-refractivity contribution in [2.75, 3.05) is 5.32 Å². The molecule has 1 amide bonds. The Kier molecular flexibility index (Phi) is 5.77. The van der Waals surface area contributed by atoms with Crippen molar-refractivity contribution in [3.05, 3.63) is 77.4 Å². The summed E-state index contributed by atoms with van der Waals surface area (Å²) < 4.78 is 1.74. The highest BCUT2D eigenvalue weighted by atomic mass is 35.5. The number of hydrogen-bond acceptors (Lipinski definition) is 4. The summed E-state index contributed by atoms with van der Waals surface area (Å²) in [4.78, 5) is 17.2. The van der Waals surface area contributed by atoms with Crippen LogP contribution in [0.1, 0.15) is 42.5 Å². The first-order chi connectivity index (χ1) is 15.7. The molecule has 1 saturated carbocycles. The van der Waals surface area contributed by atoms with Crippen molar-refractivity contribution in [1.29, 1.82) is 0 Å². The van der Waals surface area contributed by atoms with Crippen molar-refractivity contribution in [2.45, 2.75) is 38.1 Å². The zero-order valence-electron chi connectivity index (χ0n) is 17.6. The maximum absolute atomic E-state index is 12.5. The fourth-order valence-corrected chi connectivity index (χ4v) is 4.38. The first kappa shape index (κ1) is 20.5. The molecule has 0 saturated heterocycles. The van der Waals surface area contributed by atoms with E-state index in [-0.39, 0.29) is 5.91 Å². The number of benzene rings is 2. The van der Waals surface area contributed by atoms with E-state index >= 15 is 0 Å². The molecule has 0 atom stereocenters. The van der Waals surface area contributed by atoms with Gasteiger partial charge in [0.05, 0.1) is 0 Å². The van der Waals surface area contributed by atoms with Gasteiger partial charge in [0, 0.05) is 34.1 Å². The Morgan fingerprint density at radius 1 is 1.00 bits per heavy atom. The Hall–Kier alpha value is -3.38. The molecule has 1 aliphatic rings. The van der Waals surface area contributed by atoms with Gasteiger partial charge in [-0.15, -0.1) is 5.10 Å². The molecule has 0 aliphatic heterocycles. The van der Waals surface area contributed by atoms with Gasteiger partial charge in [0.25, 0.3) is 5.91 Å². The second-order valence-corrected chi connectivity index (χ2v) is 8.58. The lowest BCUT2D eigenvalue weighted by molar-refractivity contribution is 0.0927. The van der Waals surface area contributed by atoms with Crippen molar-refractivity contribution in [3.63, 3.8) is 0 Å². The fourth-order valence-electron chi connectivity index (χ4n) is 4.19. The van der Waals surface area contributed by atoms with Crippen LogP contribution in [0.2, 0.25) is 5.02 Å². The first-order valence-electron chi connectivity index (χ1n) is 10.9. The molecule has 7 heteroatoms. The van der Waals surface area contributed by atoms with Crippen molar-refractivity contribution in [3.8, 4) is 11.1 Å². The summed E-state index contributed by atoms with van der Waals surface area (Å²) in [5.41, 5.74) is 4.15. The summed E-state index contributed by atoms with van der Waals surface area (Å²) in [5.74, 6) is 0.472. The van der Waals surface area contributed by atoms with Crippen LogP contribution in [0.5, 0.6) is 0 Å². The summed E-state index contributed by atoms with van der Waals surface area (Å²) in [6.07, 6.45) is 7.66. The molecule has 0 spiro atoms. The molecule has 2 aromatic heterocycles. The predicted molar refractivity (Wildman–Crippen MR) is 127 cm³/mol. The molecule has 1 fully saturated rings. The topological polar surface area (TPSA) is 71.3 Å². The van der Waals surface area contributed by atoms with Gasteiger partial charge in [-0.3, -0.25) is 4.79 Å². The van der Waals surface area contributed by atoms with E-state index in [1.165, 1.54) is 19.3 Å². The highest BCUT2D eigenvalue weighted by Gasteiger charge is 2.17. The highest BCUT2D eigenvalue weighted by Crippen LogP contribution is 2.27. The number of amides is 1. The van der Waals surface area contributed by atoms with Gasteiger partial charge in [0.15, 0.2) is 5.65 Å². The number of pyridine rings is 1. The van der Waals surface area contributed by atoms with Crippen molar-refractivity contribution in [1.82, 2.24) is 19.9 Å². The Balaban J connectivity index is 1.32. The third-order valence-corrected chi connectivity index (χ3v) is 6.08. The van der Waals surface area contributed by atoms with Crippen molar-refractivity contribution >= 4 is 34.8 Å². The molecule has 2 aromatic carbocycles. The van der Waals surface area contributed by atoms with E-state index < -0.39 is 0 Å². The van der Waals surface area contributed by atoms with Crippen LogP contribution in [-0.4, -0.2) is 26.5 Å². The molecule has 0 bridgehead atoms. The lowest BCUT2D eigenvalue weighted by atomic mass is 9.95.